The predicted molar refractivity (Wildman–Crippen MR) is 100 cm³/mol. The number of thioether (sulfide) groups is 1. The molecule has 0 bridgehead atoms. The summed E-state index contributed by atoms with van der Waals surface area (Å²) in [4.78, 5) is 1.62. The number of rotatable bonds is 5. The van der Waals surface area contributed by atoms with E-state index in [9.17, 15) is 35.7 Å². The smallest absolute Gasteiger partial charge is 0.187 e. The van der Waals surface area contributed by atoms with Crippen LogP contribution in [-0.4, -0.2) is 133 Å². The third-order valence-corrected chi connectivity index (χ3v) is 6.39. The van der Waals surface area contributed by atoms with Crippen molar-refractivity contribution in [3.8, 4) is 0 Å². The van der Waals surface area contributed by atoms with E-state index in [1.807, 2.05) is 0 Å². The van der Waals surface area contributed by atoms with Crippen molar-refractivity contribution in [3.63, 3.8) is 0 Å². The molecule has 2 rings (SSSR count). The van der Waals surface area contributed by atoms with Crippen molar-refractivity contribution in [1.29, 1.82) is 0 Å². The van der Waals surface area contributed by atoms with Gasteiger partial charge in [-0.2, -0.15) is 0 Å². The van der Waals surface area contributed by atoms with Gasteiger partial charge in [0.25, 0.3) is 0 Å². The zero-order valence-electron chi connectivity index (χ0n) is 15.3. The molecule has 2 fully saturated rings. The Bertz CT molecular complexity index is 525. The summed E-state index contributed by atoms with van der Waals surface area (Å²) >= 11 is 6.13. The Morgan fingerprint density at radius 3 is 2.04 bits per heavy atom. The molecule has 0 unspecified atom stereocenters. The van der Waals surface area contributed by atoms with E-state index < -0.39 is 73.8 Å². The summed E-state index contributed by atoms with van der Waals surface area (Å²) in [5, 5.41) is 69.5. The molecule has 2 aliphatic heterocycles. The largest absolute Gasteiger partial charge is 0.394 e. The van der Waals surface area contributed by atoms with E-state index in [-0.39, 0.29) is 0 Å². The molecule has 0 aromatic carbocycles. The zero-order valence-corrected chi connectivity index (χ0v) is 16.9. The summed E-state index contributed by atoms with van der Waals surface area (Å²) in [5.74, 6) is 0. The fraction of sp³-hybridized carbons (Fsp3) is 0.933. The van der Waals surface area contributed by atoms with Crippen molar-refractivity contribution in [2.45, 2.75) is 60.6 Å². The Kier molecular flexibility index (Phi) is 8.82. The Morgan fingerprint density at radius 1 is 0.893 bits per heavy atom. The van der Waals surface area contributed by atoms with Gasteiger partial charge in [-0.05, 0) is 0 Å². The lowest BCUT2D eigenvalue weighted by Gasteiger charge is -2.46. The lowest BCUT2D eigenvalue weighted by molar-refractivity contribution is -0.338. The molecule has 2 heterocycles. The minimum absolute atomic E-state index is 0.390. The van der Waals surface area contributed by atoms with Gasteiger partial charge in [-0.15, -0.1) is 0 Å². The van der Waals surface area contributed by atoms with Crippen LogP contribution in [0, 0.1) is 0 Å². The van der Waals surface area contributed by atoms with Gasteiger partial charge in [0.1, 0.15) is 58.6 Å². The van der Waals surface area contributed by atoms with Crippen molar-refractivity contribution >= 4 is 28.3 Å². The molecule has 2 saturated heterocycles. The lowest BCUT2D eigenvalue weighted by atomic mass is 9.97. The first kappa shape index (κ1) is 24.1. The van der Waals surface area contributed by atoms with Crippen molar-refractivity contribution in [2.75, 3.05) is 27.3 Å². The monoisotopic (exact) mass is 445 g/mol. The highest BCUT2D eigenvalue weighted by atomic mass is 32.2. The normalized spacial score (nSPS) is 44.3. The average molecular weight is 446 g/mol. The molecule has 11 nitrogen and oxygen atoms in total. The summed E-state index contributed by atoms with van der Waals surface area (Å²) in [7, 11) is 3.41. The van der Waals surface area contributed by atoms with Crippen molar-refractivity contribution in [3.05, 3.63) is 0 Å². The average Bonchev–Trinajstić information content (AvgIpc) is 2.67. The van der Waals surface area contributed by atoms with Gasteiger partial charge < -0.3 is 54.9 Å². The number of hydrogen-bond acceptors (Lipinski definition) is 12. The van der Waals surface area contributed by atoms with Crippen LogP contribution in [0.5, 0.6) is 0 Å². The second kappa shape index (κ2) is 10.2. The van der Waals surface area contributed by atoms with Crippen LogP contribution in [0.1, 0.15) is 0 Å². The third-order valence-electron chi connectivity index (χ3n) is 4.54. The van der Waals surface area contributed by atoms with Gasteiger partial charge in [0.15, 0.2) is 6.29 Å². The Balaban J connectivity index is 2.11. The molecule has 2 aliphatic rings. The molecular weight excluding hydrogens is 418 g/mol. The van der Waals surface area contributed by atoms with Gasteiger partial charge in [0, 0.05) is 14.1 Å². The number of thiocarbonyl (C=S) groups is 1. The van der Waals surface area contributed by atoms with E-state index in [1.165, 1.54) is 0 Å². The van der Waals surface area contributed by atoms with Crippen molar-refractivity contribution in [2.24, 2.45) is 0 Å². The van der Waals surface area contributed by atoms with Crippen LogP contribution in [0.3, 0.4) is 0 Å². The molecule has 10 atom stereocenters. The van der Waals surface area contributed by atoms with Crippen molar-refractivity contribution in [1.82, 2.24) is 4.90 Å². The zero-order chi connectivity index (χ0) is 21.2. The molecule has 13 heteroatoms. The molecule has 164 valence electrons. The first-order valence-electron chi connectivity index (χ1n) is 8.58. The molecular formula is C15H27NO10S2. The molecule has 0 saturated carbocycles. The minimum atomic E-state index is -1.70. The van der Waals surface area contributed by atoms with Crippen LogP contribution < -0.4 is 0 Å². The van der Waals surface area contributed by atoms with E-state index in [0.717, 1.165) is 11.8 Å². The predicted octanol–water partition coefficient (Wildman–Crippen LogP) is -3.81. The van der Waals surface area contributed by atoms with Gasteiger partial charge in [0.2, 0.25) is 0 Å². The maximum absolute atomic E-state index is 10.5. The second-order valence-corrected chi connectivity index (χ2v) is 8.51. The number of nitrogens with zero attached hydrogens (tertiary/aromatic N) is 1. The van der Waals surface area contributed by atoms with Gasteiger partial charge in [-0.1, -0.05) is 24.0 Å². The standard InChI is InChI=1S/C15H27NO10S2/c1-16(2)15(27)28-14-11(23)9(21)12(6(4-18)25-14)26-13-10(22)8(20)7(19)5(3-17)24-13/h5-14,17-23H,3-4H2,1-2H3/t5-,6-,7+,8+,9-,10+,11-,12+,13+,14+/m0/s1. The van der Waals surface area contributed by atoms with E-state index in [1.54, 1.807) is 19.0 Å². The Morgan fingerprint density at radius 2 is 1.50 bits per heavy atom. The van der Waals surface area contributed by atoms with Gasteiger partial charge in [-0.25, -0.2) is 0 Å². The lowest BCUT2D eigenvalue weighted by Crippen LogP contribution is -2.64. The quantitative estimate of drug-likeness (QED) is 0.206. The molecule has 0 aromatic rings. The molecule has 0 spiro atoms. The highest BCUT2D eigenvalue weighted by molar-refractivity contribution is 8.23. The van der Waals surface area contributed by atoms with E-state index in [0.29, 0.717) is 4.32 Å². The van der Waals surface area contributed by atoms with Gasteiger partial charge in [0.05, 0.1) is 13.2 Å². The summed E-state index contributed by atoms with van der Waals surface area (Å²) in [5.41, 5.74) is -0.975. The van der Waals surface area contributed by atoms with Crippen molar-refractivity contribution < 1.29 is 50.0 Å². The number of aliphatic hydroxyl groups is 7. The van der Waals surface area contributed by atoms with E-state index >= 15 is 0 Å². The fourth-order valence-electron chi connectivity index (χ4n) is 2.86. The van der Waals surface area contributed by atoms with Crippen LogP contribution in [0.15, 0.2) is 0 Å². The highest BCUT2D eigenvalue weighted by Gasteiger charge is 2.50. The minimum Gasteiger partial charge on any atom is -0.394 e. The van der Waals surface area contributed by atoms with Gasteiger partial charge in [-0.3, -0.25) is 0 Å². The van der Waals surface area contributed by atoms with Crippen LogP contribution in [0.25, 0.3) is 0 Å². The summed E-state index contributed by atoms with van der Waals surface area (Å²) in [6.45, 7) is -1.24. The van der Waals surface area contributed by atoms with Crippen LogP contribution in [0.2, 0.25) is 0 Å². The van der Waals surface area contributed by atoms with E-state index in [4.69, 9.17) is 26.4 Å². The molecule has 0 aliphatic carbocycles. The highest BCUT2D eigenvalue weighted by Crippen LogP contribution is 2.33. The molecule has 28 heavy (non-hydrogen) atoms. The molecule has 7 N–H and O–H groups in total. The Hall–Kier alpha value is -0.160. The van der Waals surface area contributed by atoms with Crippen LogP contribution in [0.4, 0.5) is 0 Å². The fourth-order valence-corrected chi connectivity index (χ4v) is 4.05. The van der Waals surface area contributed by atoms with Crippen LogP contribution in [-0.2, 0) is 14.2 Å². The maximum atomic E-state index is 10.5. The number of hydrogen-bond donors (Lipinski definition) is 7. The van der Waals surface area contributed by atoms with E-state index in [2.05, 4.69) is 0 Å². The summed E-state index contributed by atoms with van der Waals surface area (Å²) in [6.07, 6.45) is -13.1. The first-order valence-corrected chi connectivity index (χ1v) is 9.87. The summed E-state index contributed by atoms with van der Waals surface area (Å²) in [6, 6.07) is 0. The second-order valence-electron chi connectivity index (χ2n) is 6.78. The Labute approximate surface area is 171 Å². The first-order chi connectivity index (χ1) is 13.1. The molecule has 0 radical (unpaired) electrons. The number of aliphatic hydroxyl groups excluding tert-OH is 7. The topological polar surface area (TPSA) is 173 Å². The van der Waals surface area contributed by atoms with Gasteiger partial charge >= 0.3 is 0 Å². The SMILES string of the molecule is CN(C)C(=S)S[C@H]1O[C@@H](CO)[C@@H](O[C@H]2O[C@@H](CO)[C@@H](O)[C@@H](O)[C@H]2O)[C@@H](O)[C@@H]1O. The maximum Gasteiger partial charge on any atom is 0.187 e. The number of ether oxygens (including phenoxy) is 3. The van der Waals surface area contributed by atoms with Crippen LogP contribution >= 0.6 is 24.0 Å². The summed E-state index contributed by atoms with van der Waals surface area (Å²) < 4.78 is 16.7. The molecule has 0 aromatic heterocycles. The third kappa shape index (κ3) is 5.11. The molecule has 0 amide bonds.